The van der Waals surface area contributed by atoms with Gasteiger partial charge in [-0.1, -0.05) is 34.5 Å². The zero-order valence-electron chi connectivity index (χ0n) is 10.4. The van der Waals surface area contributed by atoms with Crippen LogP contribution >= 0.6 is 27.5 Å². The molecule has 0 saturated carbocycles. The van der Waals surface area contributed by atoms with Gasteiger partial charge in [-0.3, -0.25) is 0 Å². The molecule has 2 rings (SSSR count). The minimum atomic E-state index is 0.0882. The van der Waals surface area contributed by atoms with Crippen LogP contribution < -0.4 is 5.32 Å². The van der Waals surface area contributed by atoms with Gasteiger partial charge in [0.2, 0.25) is 0 Å². The maximum atomic E-state index is 6.12. The summed E-state index contributed by atoms with van der Waals surface area (Å²) in [5.74, 6) is 1.01. The molecule has 0 radical (unpaired) electrons. The molecule has 0 fully saturated rings. The molecule has 0 spiro atoms. The Morgan fingerprint density at radius 3 is 2.89 bits per heavy atom. The zero-order valence-corrected chi connectivity index (χ0v) is 12.7. The van der Waals surface area contributed by atoms with E-state index >= 15 is 0 Å². The van der Waals surface area contributed by atoms with Crippen LogP contribution in [0.1, 0.15) is 31.4 Å². The lowest BCUT2D eigenvalue weighted by atomic mass is 10.0. The number of halogens is 2. The van der Waals surface area contributed by atoms with Gasteiger partial charge in [0.1, 0.15) is 5.76 Å². The van der Waals surface area contributed by atoms with E-state index in [-0.39, 0.29) is 6.04 Å². The van der Waals surface area contributed by atoms with Gasteiger partial charge in [-0.25, -0.2) is 0 Å². The van der Waals surface area contributed by atoms with Crippen LogP contribution in [-0.2, 0) is 4.74 Å². The quantitative estimate of drug-likeness (QED) is 0.881. The van der Waals surface area contributed by atoms with Gasteiger partial charge in [-0.2, -0.15) is 0 Å². The molecule has 0 bridgehead atoms. The van der Waals surface area contributed by atoms with Crippen molar-refractivity contribution in [2.24, 2.45) is 0 Å². The number of ether oxygens (including phenoxy) is 1. The molecule has 0 aliphatic carbocycles. The smallest absolute Gasteiger partial charge is 0.113 e. The summed E-state index contributed by atoms with van der Waals surface area (Å²) >= 11 is 9.60. The number of benzene rings is 1. The Morgan fingerprint density at radius 1 is 1.44 bits per heavy atom. The molecular weight excluding hydrogens is 314 g/mol. The van der Waals surface area contributed by atoms with Crippen LogP contribution in [0.25, 0.3) is 0 Å². The summed E-state index contributed by atoms with van der Waals surface area (Å²) in [7, 11) is 0. The van der Waals surface area contributed by atoms with Crippen LogP contribution in [-0.4, -0.2) is 13.2 Å². The van der Waals surface area contributed by atoms with Crippen LogP contribution in [0.2, 0.25) is 5.02 Å². The molecule has 1 aromatic carbocycles. The lowest BCUT2D eigenvalue weighted by Gasteiger charge is -2.25. The van der Waals surface area contributed by atoms with E-state index < -0.39 is 0 Å². The third kappa shape index (κ3) is 3.50. The molecule has 1 aliphatic rings. The van der Waals surface area contributed by atoms with Crippen molar-refractivity contribution in [2.75, 3.05) is 13.2 Å². The second-order valence-corrected chi connectivity index (χ2v) is 5.64. The van der Waals surface area contributed by atoms with Gasteiger partial charge in [-0.15, -0.1) is 0 Å². The van der Waals surface area contributed by atoms with E-state index in [1.807, 2.05) is 12.1 Å². The summed E-state index contributed by atoms with van der Waals surface area (Å²) < 4.78 is 6.76. The molecule has 0 amide bonds. The summed E-state index contributed by atoms with van der Waals surface area (Å²) in [6, 6.07) is 6.05. The lowest BCUT2D eigenvalue weighted by Crippen LogP contribution is -2.25. The van der Waals surface area contributed by atoms with Crippen LogP contribution in [0.15, 0.2) is 34.5 Å². The largest absolute Gasteiger partial charge is 0.496 e. The topological polar surface area (TPSA) is 21.3 Å². The second-order valence-electron chi connectivity index (χ2n) is 4.29. The van der Waals surface area contributed by atoms with Crippen LogP contribution in [0, 0.1) is 0 Å². The Hall–Kier alpha value is -0.510. The standard InChI is InChI=1S/C14H17BrClNO/c1-2-17-14(13-5-3-4-6-18-13)10-7-11(15)9-12(16)8-10/h5,7-9,14,17H,2-4,6H2,1H3. The summed E-state index contributed by atoms with van der Waals surface area (Å²) in [4.78, 5) is 0. The average Bonchev–Trinajstić information content (AvgIpc) is 2.36. The van der Waals surface area contributed by atoms with Crippen molar-refractivity contribution in [1.82, 2.24) is 5.32 Å². The number of likely N-dealkylation sites (N-methyl/N-ethyl adjacent to an activating group) is 1. The van der Waals surface area contributed by atoms with Crippen molar-refractivity contribution >= 4 is 27.5 Å². The van der Waals surface area contributed by atoms with Crippen LogP contribution in [0.4, 0.5) is 0 Å². The Bertz CT molecular complexity index is 427. The molecule has 1 unspecified atom stereocenters. The third-order valence-electron chi connectivity index (χ3n) is 2.87. The van der Waals surface area contributed by atoms with E-state index in [2.05, 4.69) is 40.3 Å². The first-order chi connectivity index (χ1) is 8.70. The van der Waals surface area contributed by atoms with Gasteiger partial charge < -0.3 is 10.1 Å². The van der Waals surface area contributed by atoms with Gasteiger partial charge in [-0.05, 0) is 49.2 Å². The highest BCUT2D eigenvalue weighted by atomic mass is 79.9. The first-order valence-electron chi connectivity index (χ1n) is 6.23. The third-order valence-corrected chi connectivity index (χ3v) is 3.55. The molecule has 1 aromatic rings. The molecule has 1 aliphatic heterocycles. The number of nitrogens with one attached hydrogen (secondary N) is 1. The van der Waals surface area contributed by atoms with Crippen molar-refractivity contribution < 1.29 is 4.74 Å². The predicted octanol–water partition coefficient (Wildman–Crippen LogP) is 4.45. The molecule has 0 saturated heterocycles. The molecule has 0 aromatic heterocycles. The Morgan fingerprint density at radius 2 is 2.28 bits per heavy atom. The fourth-order valence-corrected chi connectivity index (χ4v) is 2.99. The molecule has 1 heterocycles. The highest BCUT2D eigenvalue weighted by molar-refractivity contribution is 9.10. The van der Waals surface area contributed by atoms with E-state index in [4.69, 9.17) is 16.3 Å². The highest BCUT2D eigenvalue weighted by Gasteiger charge is 2.19. The molecule has 98 valence electrons. The summed E-state index contributed by atoms with van der Waals surface area (Å²) in [6.45, 7) is 3.78. The average molecular weight is 331 g/mol. The van der Waals surface area contributed by atoms with Gasteiger partial charge in [0.25, 0.3) is 0 Å². The van der Waals surface area contributed by atoms with Gasteiger partial charge in [0.05, 0.1) is 12.6 Å². The normalized spacial score (nSPS) is 16.9. The predicted molar refractivity (Wildman–Crippen MR) is 78.8 cm³/mol. The fourth-order valence-electron chi connectivity index (χ4n) is 2.11. The first kappa shape index (κ1) is 13.9. The first-order valence-corrected chi connectivity index (χ1v) is 7.40. The van der Waals surface area contributed by atoms with Crippen molar-refractivity contribution in [2.45, 2.75) is 25.8 Å². The number of allylic oxidation sites excluding steroid dienone is 1. The maximum Gasteiger partial charge on any atom is 0.113 e. The van der Waals surface area contributed by atoms with Crippen molar-refractivity contribution in [1.29, 1.82) is 0 Å². The molecule has 2 nitrogen and oxygen atoms in total. The Kier molecular flexibility index (Phi) is 5.10. The zero-order chi connectivity index (χ0) is 13.0. The van der Waals surface area contributed by atoms with Gasteiger partial charge >= 0.3 is 0 Å². The summed E-state index contributed by atoms with van der Waals surface area (Å²) in [5, 5.41) is 4.19. The molecule has 1 N–H and O–H groups in total. The van der Waals surface area contributed by atoms with Gasteiger partial charge in [0.15, 0.2) is 0 Å². The highest BCUT2D eigenvalue weighted by Crippen LogP contribution is 2.30. The molecular formula is C14H17BrClNO. The van der Waals surface area contributed by atoms with Gasteiger partial charge in [0, 0.05) is 9.50 Å². The maximum absolute atomic E-state index is 6.12. The minimum Gasteiger partial charge on any atom is -0.496 e. The monoisotopic (exact) mass is 329 g/mol. The minimum absolute atomic E-state index is 0.0882. The van der Waals surface area contributed by atoms with Crippen LogP contribution in [0.3, 0.4) is 0 Å². The second kappa shape index (κ2) is 6.60. The molecule has 18 heavy (non-hydrogen) atoms. The Labute approximate surface area is 121 Å². The Balaban J connectivity index is 2.31. The number of rotatable bonds is 4. The van der Waals surface area contributed by atoms with E-state index in [1.165, 1.54) is 0 Å². The van der Waals surface area contributed by atoms with Crippen molar-refractivity contribution in [3.63, 3.8) is 0 Å². The van der Waals surface area contributed by atoms with E-state index in [1.54, 1.807) is 0 Å². The van der Waals surface area contributed by atoms with Crippen molar-refractivity contribution in [3.05, 3.63) is 45.1 Å². The van der Waals surface area contributed by atoms with Crippen LogP contribution in [0.5, 0.6) is 0 Å². The number of hydrogen-bond acceptors (Lipinski definition) is 2. The van der Waals surface area contributed by atoms with E-state index in [0.717, 1.165) is 46.8 Å². The summed E-state index contributed by atoms with van der Waals surface area (Å²) in [6.07, 6.45) is 4.35. The van der Waals surface area contributed by atoms with Crippen molar-refractivity contribution in [3.8, 4) is 0 Å². The molecule has 4 heteroatoms. The summed E-state index contributed by atoms with van der Waals surface area (Å²) in [5.41, 5.74) is 1.13. The SMILES string of the molecule is CCNC(C1=CCCCO1)c1cc(Cl)cc(Br)c1. The lowest BCUT2D eigenvalue weighted by molar-refractivity contribution is 0.168. The fraction of sp³-hybridized carbons (Fsp3) is 0.429. The van der Waals surface area contributed by atoms with E-state index in [9.17, 15) is 0 Å². The van der Waals surface area contributed by atoms with E-state index in [0.29, 0.717) is 0 Å². The molecule has 1 atom stereocenters. The number of hydrogen-bond donors (Lipinski definition) is 1.